The zero-order valence-corrected chi connectivity index (χ0v) is 16.9. The van der Waals surface area contributed by atoms with Crippen molar-refractivity contribution in [2.45, 2.75) is 74.2 Å². The molecule has 0 radical (unpaired) electrons. The van der Waals surface area contributed by atoms with Crippen molar-refractivity contribution in [3.63, 3.8) is 0 Å². The molecule has 1 aromatic carbocycles. The molecule has 6 heteroatoms. The SMILES string of the molecule is CC[C@@H](CNC(=O)[C@H](C)Sc1nnc(C2CC2)n1C1CC1)c1ccccc1. The maximum absolute atomic E-state index is 12.7. The fourth-order valence-electron chi connectivity index (χ4n) is 3.47. The first-order valence-electron chi connectivity index (χ1n) is 10.1. The number of carbonyl (C=O) groups excluding carboxylic acids is 1. The number of carbonyl (C=O) groups is 1. The number of rotatable bonds is 9. The van der Waals surface area contributed by atoms with Crippen LogP contribution in [-0.4, -0.2) is 32.5 Å². The lowest BCUT2D eigenvalue weighted by atomic mass is 9.96. The third-order valence-corrected chi connectivity index (χ3v) is 6.54. The second-order valence-corrected chi connectivity index (χ2v) is 9.05. The Kier molecular flexibility index (Phi) is 5.53. The predicted molar refractivity (Wildman–Crippen MR) is 108 cm³/mol. The van der Waals surface area contributed by atoms with Gasteiger partial charge < -0.3 is 9.88 Å². The van der Waals surface area contributed by atoms with Gasteiger partial charge in [0.1, 0.15) is 5.82 Å². The van der Waals surface area contributed by atoms with Crippen LogP contribution in [0, 0.1) is 0 Å². The second-order valence-electron chi connectivity index (χ2n) is 7.74. The first kappa shape index (κ1) is 18.5. The van der Waals surface area contributed by atoms with Gasteiger partial charge in [0, 0.05) is 24.4 Å². The summed E-state index contributed by atoms with van der Waals surface area (Å²) in [4.78, 5) is 12.7. The van der Waals surface area contributed by atoms with Gasteiger partial charge in [-0.2, -0.15) is 0 Å². The molecule has 5 nitrogen and oxygen atoms in total. The maximum atomic E-state index is 12.7. The molecule has 2 aliphatic carbocycles. The molecule has 4 rings (SSSR count). The van der Waals surface area contributed by atoms with E-state index in [-0.39, 0.29) is 11.2 Å². The Morgan fingerprint density at radius 1 is 1.22 bits per heavy atom. The summed E-state index contributed by atoms with van der Waals surface area (Å²) in [5.41, 5.74) is 1.28. The van der Waals surface area contributed by atoms with Crippen molar-refractivity contribution < 1.29 is 4.79 Å². The van der Waals surface area contributed by atoms with Crippen molar-refractivity contribution >= 4 is 17.7 Å². The lowest BCUT2D eigenvalue weighted by Gasteiger charge is -2.18. The van der Waals surface area contributed by atoms with Crippen LogP contribution in [0.1, 0.15) is 75.2 Å². The van der Waals surface area contributed by atoms with Crippen LogP contribution in [-0.2, 0) is 4.79 Å². The molecule has 0 aliphatic heterocycles. The summed E-state index contributed by atoms with van der Waals surface area (Å²) in [6, 6.07) is 11.0. The molecule has 1 amide bonds. The van der Waals surface area contributed by atoms with Gasteiger partial charge in [0.05, 0.1) is 5.25 Å². The molecule has 1 aromatic heterocycles. The molecule has 1 heterocycles. The first-order valence-corrected chi connectivity index (χ1v) is 11.0. The fourth-order valence-corrected chi connectivity index (χ4v) is 4.42. The van der Waals surface area contributed by atoms with Crippen LogP contribution < -0.4 is 5.32 Å². The fraction of sp³-hybridized carbons (Fsp3) is 0.571. The van der Waals surface area contributed by atoms with Crippen molar-refractivity contribution in [2.75, 3.05) is 6.54 Å². The minimum atomic E-state index is -0.174. The number of nitrogens with one attached hydrogen (secondary N) is 1. The maximum Gasteiger partial charge on any atom is 0.233 e. The Hall–Kier alpha value is -1.82. The van der Waals surface area contributed by atoms with Crippen molar-refractivity contribution in [1.82, 2.24) is 20.1 Å². The number of benzene rings is 1. The molecule has 2 fully saturated rings. The summed E-state index contributed by atoms with van der Waals surface area (Å²) in [6.07, 6.45) is 5.88. The van der Waals surface area contributed by atoms with Gasteiger partial charge >= 0.3 is 0 Å². The van der Waals surface area contributed by atoms with Crippen molar-refractivity contribution in [3.8, 4) is 0 Å². The van der Waals surface area contributed by atoms with Gasteiger partial charge in [-0.15, -0.1) is 10.2 Å². The highest BCUT2D eigenvalue weighted by Crippen LogP contribution is 2.46. The van der Waals surface area contributed by atoms with E-state index in [0.717, 1.165) is 17.4 Å². The van der Waals surface area contributed by atoms with E-state index in [1.165, 1.54) is 31.2 Å². The van der Waals surface area contributed by atoms with E-state index >= 15 is 0 Å². The second kappa shape index (κ2) is 8.05. The average Bonchev–Trinajstić information content (AvgIpc) is 3.62. The Morgan fingerprint density at radius 2 is 1.96 bits per heavy atom. The molecule has 1 N–H and O–H groups in total. The highest BCUT2D eigenvalue weighted by atomic mass is 32.2. The monoisotopic (exact) mass is 384 g/mol. The molecular formula is C21H28N4OS. The lowest BCUT2D eigenvalue weighted by Crippen LogP contribution is -2.34. The van der Waals surface area contributed by atoms with Gasteiger partial charge in [-0.05, 0) is 44.6 Å². The Morgan fingerprint density at radius 3 is 2.59 bits per heavy atom. The number of hydrogen-bond donors (Lipinski definition) is 1. The largest absolute Gasteiger partial charge is 0.355 e. The van der Waals surface area contributed by atoms with Crippen molar-refractivity contribution in [1.29, 1.82) is 0 Å². The zero-order valence-electron chi connectivity index (χ0n) is 16.1. The molecule has 144 valence electrons. The average molecular weight is 385 g/mol. The van der Waals surface area contributed by atoms with Crippen LogP contribution in [0.4, 0.5) is 0 Å². The Balaban J connectivity index is 1.36. The number of thioether (sulfide) groups is 1. The van der Waals surface area contributed by atoms with E-state index in [1.807, 2.05) is 13.0 Å². The molecule has 2 aliphatic rings. The molecule has 2 aromatic rings. The summed E-state index contributed by atoms with van der Waals surface area (Å²) >= 11 is 1.55. The van der Waals surface area contributed by atoms with Crippen LogP contribution in [0.25, 0.3) is 0 Å². The lowest BCUT2D eigenvalue weighted by molar-refractivity contribution is -0.120. The van der Waals surface area contributed by atoms with Gasteiger partial charge in [0.2, 0.25) is 5.91 Å². The van der Waals surface area contributed by atoms with Crippen molar-refractivity contribution in [3.05, 3.63) is 41.7 Å². The minimum Gasteiger partial charge on any atom is -0.355 e. The standard InChI is InChI=1S/C21H28N4OS/c1-3-15(16-7-5-4-6-8-16)13-22-20(26)14(2)27-21-24-23-19(17-9-10-17)25(21)18-11-12-18/h4-8,14-15,17-18H,3,9-13H2,1-2H3,(H,22,26)/t14-,15-/m0/s1. The summed E-state index contributed by atoms with van der Waals surface area (Å²) in [5.74, 6) is 2.16. The smallest absolute Gasteiger partial charge is 0.233 e. The van der Waals surface area contributed by atoms with E-state index in [0.29, 0.717) is 24.4 Å². The van der Waals surface area contributed by atoms with Crippen LogP contribution in [0.3, 0.4) is 0 Å². The van der Waals surface area contributed by atoms with Gasteiger partial charge in [-0.25, -0.2) is 0 Å². The van der Waals surface area contributed by atoms with Crippen molar-refractivity contribution in [2.24, 2.45) is 0 Å². The van der Waals surface area contributed by atoms with E-state index in [9.17, 15) is 4.79 Å². The zero-order chi connectivity index (χ0) is 18.8. The Labute approximate surface area is 165 Å². The predicted octanol–water partition coefficient (Wildman–Crippen LogP) is 4.28. The quantitative estimate of drug-likeness (QED) is 0.656. The summed E-state index contributed by atoms with van der Waals surface area (Å²) in [7, 11) is 0. The summed E-state index contributed by atoms with van der Waals surface area (Å²) < 4.78 is 2.31. The molecule has 0 saturated heterocycles. The minimum absolute atomic E-state index is 0.0766. The molecule has 27 heavy (non-hydrogen) atoms. The molecule has 0 spiro atoms. The Bertz CT molecular complexity index is 783. The molecular weight excluding hydrogens is 356 g/mol. The van der Waals surface area contributed by atoms with E-state index < -0.39 is 0 Å². The third-order valence-electron chi connectivity index (χ3n) is 5.48. The van der Waals surface area contributed by atoms with Gasteiger partial charge in [-0.3, -0.25) is 4.79 Å². The van der Waals surface area contributed by atoms with E-state index in [4.69, 9.17) is 0 Å². The molecule has 2 saturated carbocycles. The number of nitrogens with zero attached hydrogens (tertiary/aromatic N) is 3. The van der Waals surface area contributed by atoms with Crippen LogP contribution in [0.5, 0.6) is 0 Å². The number of aromatic nitrogens is 3. The normalized spacial score (nSPS) is 18.9. The number of amides is 1. The van der Waals surface area contributed by atoms with Gasteiger partial charge in [0.25, 0.3) is 0 Å². The highest BCUT2D eigenvalue weighted by molar-refractivity contribution is 8.00. The molecule has 0 bridgehead atoms. The van der Waals surface area contributed by atoms with Gasteiger partial charge in [-0.1, -0.05) is 49.0 Å². The highest BCUT2D eigenvalue weighted by Gasteiger charge is 2.37. The third kappa shape index (κ3) is 4.37. The van der Waals surface area contributed by atoms with E-state index in [1.54, 1.807) is 11.8 Å². The topological polar surface area (TPSA) is 59.8 Å². The van der Waals surface area contributed by atoms with E-state index in [2.05, 4.69) is 51.3 Å². The summed E-state index contributed by atoms with van der Waals surface area (Å²) in [6.45, 7) is 4.80. The number of hydrogen-bond acceptors (Lipinski definition) is 4. The van der Waals surface area contributed by atoms with Crippen LogP contribution >= 0.6 is 11.8 Å². The molecule has 2 atom stereocenters. The van der Waals surface area contributed by atoms with Gasteiger partial charge in [0.15, 0.2) is 5.16 Å². The first-order chi connectivity index (χ1) is 13.2. The van der Waals surface area contributed by atoms with Crippen LogP contribution in [0.2, 0.25) is 0 Å². The van der Waals surface area contributed by atoms with Crippen LogP contribution in [0.15, 0.2) is 35.5 Å². The molecule has 0 unspecified atom stereocenters. The summed E-state index contributed by atoms with van der Waals surface area (Å²) in [5, 5.41) is 12.7.